The molecule has 0 aliphatic rings. The summed E-state index contributed by atoms with van der Waals surface area (Å²) < 4.78 is 52.1. The molecule has 0 saturated heterocycles. The number of benzene rings is 2. The molecule has 2 aromatic carbocycles. The highest BCUT2D eigenvalue weighted by Crippen LogP contribution is 2.34. The molecule has 0 aliphatic heterocycles. The van der Waals surface area contributed by atoms with Gasteiger partial charge in [0.15, 0.2) is 11.5 Å². The zero-order chi connectivity index (χ0) is 23.1. The summed E-state index contributed by atoms with van der Waals surface area (Å²) in [5, 5.41) is 2.74. The van der Waals surface area contributed by atoms with Crippen molar-refractivity contribution in [1.29, 1.82) is 0 Å². The molecule has 0 aliphatic carbocycles. The number of rotatable bonds is 8. The predicted molar refractivity (Wildman–Crippen MR) is 110 cm³/mol. The lowest BCUT2D eigenvalue weighted by atomic mass is 10.2. The minimum absolute atomic E-state index is 0.0780. The van der Waals surface area contributed by atoms with Crippen molar-refractivity contribution in [3.05, 3.63) is 77.5 Å². The van der Waals surface area contributed by atoms with E-state index >= 15 is 0 Å². The van der Waals surface area contributed by atoms with Gasteiger partial charge in [-0.15, -0.1) is 13.2 Å². The van der Waals surface area contributed by atoms with Gasteiger partial charge in [-0.3, -0.25) is 4.79 Å². The Kier molecular flexibility index (Phi) is 7.16. The number of alkyl halides is 3. The van der Waals surface area contributed by atoms with Gasteiger partial charge in [0.2, 0.25) is 0 Å². The van der Waals surface area contributed by atoms with Crippen molar-refractivity contribution in [2.75, 3.05) is 12.8 Å². The number of hydrogen-bond acceptors (Lipinski definition) is 6. The van der Waals surface area contributed by atoms with Crippen molar-refractivity contribution in [3.8, 4) is 17.2 Å². The molecule has 0 unspecified atom stereocenters. The molecule has 0 fully saturated rings. The Bertz CT molecular complexity index is 1070. The second kappa shape index (κ2) is 10.0. The topological polar surface area (TPSA) is 95.7 Å². The van der Waals surface area contributed by atoms with Crippen molar-refractivity contribution < 1.29 is 32.2 Å². The Morgan fingerprint density at radius 3 is 2.34 bits per heavy atom. The SMILES string of the molecule is COCc1ccc(C(=O)NCc2ccc(Oc3ccccc3OC(F)(F)F)cc2)c(N)n1. The number of nitrogen functional groups attached to an aromatic ring is 1. The summed E-state index contributed by atoms with van der Waals surface area (Å²) in [7, 11) is 1.53. The summed E-state index contributed by atoms with van der Waals surface area (Å²) in [5.41, 5.74) is 7.44. The summed E-state index contributed by atoms with van der Waals surface area (Å²) in [4.78, 5) is 16.5. The molecule has 3 rings (SSSR count). The number of nitrogens with zero attached hydrogens (tertiary/aromatic N) is 1. The Morgan fingerprint density at radius 2 is 1.72 bits per heavy atom. The van der Waals surface area contributed by atoms with Crippen LogP contribution < -0.4 is 20.5 Å². The van der Waals surface area contributed by atoms with Gasteiger partial charge in [0.1, 0.15) is 11.6 Å². The maximum atomic E-state index is 12.5. The van der Waals surface area contributed by atoms with Gasteiger partial charge in [0, 0.05) is 13.7 Å². The maximum Gasteiger partial charge on any atom is 0.573 e. The van der Waals surface area contributed by atoms with E-state index in [1.54, 1.807) is 36.4 Å². The van der Waals surface area contributed by atoms with E-state index in [4.69, 9.17) is 15.2 Å². The molecule has 0 saturated carbocycles. The first-order valence-electron chi connectivity index (χ1n) is 9.39. The van der Waals surface area contributed by atoms with Gasteiger partial charge in [0.25, 0.3) is 5.91 Å². The molecule has 0 radical (unpaired) electrons. The van der Waals surface area contributed by atoms with Gasteiger partial charge in [-0.1, -0.05) is 24.3 Å². The van der Waals surface area contributed by atoms with Crippen molar-refractivity contribution in [2.24, 2.45) is 0 Å². The Morgan fingerprint density at radius 1 is 1.03 bits per heavy atom. The van der Waals surface area contributed by atoms with Crippen LogP contribution >= 0.6 is 0 Å². The van der Waals surface area contributed by atoms with Crippen molar-refractivity contribution >= 4 is 11.7 Å². The van der Waals surface area contributed by atoms with Crippen molar-refractivity contribution in [3.63, 3.8) is 0 Å². The van der Waals surface area contributed by atoms with Crippen LogP contribution in [0, 0.1) is 0 Å². The highest BCUT2D eigenvalue weighted by atomic mass is 19.4. The quantitative estimate of drug-likeness (QED) is 0.530. The standard InChI is InChI=1S/C22H20F3N3O4/c1-30-13-15-8-11-17(20(26)28-15)21(29)27-12-14-6-9-16(10-7-14)31-18-4-2-3-5-19(18)32-22(23,24)25/h2-11H,12-13H2,1H3,(H2,26,28)(H,27,29). The monoisotopic (exact) mass is 447 g/mol. The van der Waals surface area contributed by atoms with E-state index in [0.717, 1.165) is 11.6 Å². The molecule has 0 bridgehead atoms. The third-order valence-corrected chi connectivity index (χ3v) is 4.20. The van der Waals surface area contributed by atoms with Gasteiger partial charge in [-0.2, -0.15) is 0 Å². The lowest BCUT2D eigenvalue weighted by Crippen LogP contribution is -2.24. The minimum Gasteiger partial charge on any atom is -0.453 e. The number of pyridine rings is 1. The number of ether oxygens (including phenoxy) is 3. The molecule has 168 valence electrons. The number of para-hydroxylation sites is 2. The van der Waals surface area contributed by atoms with E-state index in [2.05, 4.69) is 15.0 Å². The van der Waals surface area contributed by atoms with Crippen molar-refractivity contribution in [1.82, 2.24) is 10.3 Å². The Labute approximate surface area is 181 Å². The third-order valence-electron chi connectivity index (χ3n) is 4.20. The van der Waals surface area contributed by atoms with Gasteiger partial charge >= 0.3 is 6.36 Å². The average molecular weight is 447 g/mol. The van der Waals surface area contributed by atoms with Crippen LogP contribution in [-0.4, -0.2) is 24.4 Å². The van der Waals surface area contributed by atoms with Gasteiger partial charge in [-0.25, -0.2) is 4.98 Å². The summed E-state index contributed by atoms with van der Waals surface area (Å²) in [5.74, 6) is -0.511. The van der Waals surface area contributed by atoms with Gasteiger partial charge < -0.3 is 25.3 Å². The second-order valence-corrected chi connectivity index (χ2v) is 6.59. The number of carbonyl (C=O) groups excluding carboxylic acids is 1. The first-order valence-corrected chi connectivity index (χ1v) is 9.39. The van der Waals surface area contributed by atoms with Crippen LogP contribution in [0.2, 0.25) is 0 Å². The molecule has 3 N–H and O–H groups in total. The molecule has 1 heterocycles. The lowest BCUT2D eigenvalue weighted by Gasteiger charge is -2.14. The van der Waals surface area contributed by atoms with Crippen molar-refractivity contribution in [2.45, 2.75) is 19.5 Å². The number of halogens is 3. The van der Waals surface area contributed by atoms with E-state index in [1.807, 2.05) is 0 Å². The number of carbonyl (C=O) groups is 1. The van der Waals surface area contributed by atoms with Crippen LogP contribution in [0.5, 0.6) is 17.2 Å². The van der Waals surface area contributed by atoms with Gasteiger partial charge in [-0.05, 0) is 42.0 Å². The molecular weight excluding hydrogens is 427 g/mol. The van der Waals surface area contributed by atoms with Crippen LogP contribution in [0.1, 0.15) is 21.6 Å². The molecule has 0 atom stereocenters. The highest BCUT2D eigenvalue weighted by molar-refractivity contribution is 5.98. The normalized spacial score (nSPS) is 11.1. The van der Waals surface area contributed by atoms with E-state index in [9.17, 15) is 18.0 Å². The second-order valence-electron chi connectivity index (χ2n) is 6.59. The largest absolute Gasteiger partial charge is 0.573 e. The molecule has 3 aromatic rings. The molecule has 10 heteroatoms. The summed E-state index contributed by atoms with van der Waals surface area (Å²) in [6.07, 6.45) is -4.83. The number of nitrogens with two attached hydrogens (primary N) is 1. The fourth-order valence-corrected chi connectivity index (χ4v) is 2.76. The number of hydrogen-bond donors (Lipinski definition) is 2. The maximum absolute atomic E-state index is 12.5. The van der Waals surface area contributed by atoms with E-state index < -0.39 is 18.0 Å². The van der Waals surface area contributed by atoms with Gasteiger partial charge in [0.05, 0.1) is 17.9 Å². The Balaban J connectivity index is 1.61. The highest BCUT2D eigenvalue weighted by Gasteiger charge is 2.32. The van der Waals surface area contributed by atoms with Crippen LogP contribution in [-0.2, 0) is 17.9 Å². The molecule has 7 nitrogen and oxygen atoms in total. The number of nitrogens with one attached hydrogen (secondary N) is 1. The van der Waals surface area contributed by atoms with Crippen LogP contribution in [0.4, 0.5) is 19.0 Å². The molecule has 1 amide bonds. The number of amides is 1. The third kappa shape index (κ3) is 6.35. The number of aromatic nitrogens is 1. The molecule has 1 aromatic heterocycles. The van der Waals surface area contributed by atoms with Crippen LogP contribution in [0.3, 0.4) is 0 Å². The van der Waals surface area contributed by atoms with Crippen LogP contribution in [0.15, 0.2) is 60.7 Å². The predicted octanol–water partition coefficient (Wildman–Crippen LogP) is 4.43. The molecular formula is C22H20F3N3O4. The van der Waals surface area contributed by atoms with Crippen LogP contribution in [0.25, 0.3) is 0 Å². The average Bonchev–Trinajstić information content (AvgIpc) is 2.74. The molecule has 32 heavy (non-hydrogen) atoms. The first kappa shape index (κ1) is 22.9. The first-order chi connectivity index (χ1) is 15.2. The fraction of sp³-hybridized carbons (Fsp3) is 0.182. The summed E-state index contributed by atoms with van der Waals surface area (Å²) >= 11 is 0. The smallest absolute Gasteiger partial charge is 0.453 e. The lowest BCUT2D eigenvalue weighted by molar-refractivity contribution is -0.275. The van der Waals surface area contributed by atoms with E-state index in [1.165, 1.54) is 25.3 Å². The Hall–Kier alpha value is -3.79. The van der Waals surface area contributed by atoms with E-state index in [0.29, 0.717) is 11.4 Å². The zero-order valence-electron chi connectivity index (χ0n) is 17.0. The summed E-state index contributed by atoms with van der Waals surface area (Å²) in [6, 6.07) is 15.2. The fourth-order valence-electron chi connectivity index (χ4n) is 2.76. The van der Waals surface area contributed by atoms with E-state index in [-0.39, 0.29) is 30.3 Å². The summed E-state index contributed by atoms with van der Waals surface area (Å²) in [6.45, 7) is 0.486. The molecule has 0 spiro atoms. The minimum atomic E-state index is -4.83. The number of methoxy groups -OCH3 is 1. The zero-order valence-corrected chi connectivity index (χ0v) is 17.0. The number of anilines is 1.